The van der Waals surface area contributed by atoms with E-state index in [1.54, 1.807) is 0 Å². The van der Waals surface area contributed by atoms with Crippen LogP contribution in [0.25, 0.3) is 0 Å². The molecule has 3 rings (SSSR count). The second-order valence-corrected chi connectivity index (χ2v) is 8.72. The number of halogens is 3. The van der Waals surface area contributed by atoms with E-state index in [-0.39, 0.29) is 29.2 Å². The van der Waals surface area contributed by atoms with Gasteiger partial charge in [-0.3, -0.25) is 9.59 Å². The Morgan fingerprint density at radius 3 is 2.03 bits per heavy atom. The standard InChI is InChI=1S/C26H25F3N2O3/c1-25(2,3)18-9-13-22(14-10-18)34-16-23(32)30-20-11-7-17(8-12-20)24(33)31-21-6-4-5-19(15-21)26(27,28)29/h4-15H,16H2,1-3H3,(H,30,32)(H,31,33). The minimum Gasteiger partial charge on any atom is -0.484 e. The first-order valence-electron chi connectivity index (χ1n) is 10.5. The van der Waals surface area contributed by atoms with E-state index >= 15 is 0 Å². The van der Waals surface area contributed by atoms with Gasteiger partial charge < -0.3 is 15.4 Å². The summed E-state index contributed by atoms with van der Waals surface area (Å²) in [5.74, 6) is -0.370. The van der Waals surface area contributed by atoms with Gasteiger partial charge in [-0.05, 0) is 65.6 Å². The molecule has 2 amide bonds. The van der Waals surface area contributed by atoms with Crippen molar-refractivity contribution >= 4 is 23.2 Å². The van der Waals surface area contributed by atoms with Crippen LogP contribution in [0.2, 0.25) is 0 Å². The number of rotatable bonds is 6. The quantitative estimate of drug-likeness (QED) is 0.446. The zero-order valence-electron chi connectivity index (χ0n) is 19.0. The summed E-state index contributed by atoms with van der Waals surface area (Å²) in [4.78, 5) is 24.5. The van der Waals surface area contributed by atoms with E-state index < -0.39 is 17.6 Å². The predicted molar refractivity (Wildman–Crippen MR) is 125 cm³/mol. The number of alkyl halides is 3. The van der Waals surface area contributed by atoms with Crippen molar-refractivity contribution in [3.63, 3.8) is 0 Å². The van der Waals surface area contributed by atoms with E-state index in [9.17, 15) is 22.8 Å². The van der Waals surface area contributed by atoms with Gasteiger partial charge in [0.2, 0.25) is 0 Å². The number of amides is 2. The van der Waals surface area contributed by atoms with Crippen LogP contribution < -0.4 is 15.4 Å². The monoisotopic (exact) mass is 470 g/mol. The van der Waals surface area contributed by atoms with Gasteiger partial charge >= 0.3 is 6.18 Å². The van der Waals surface area contributed by atoms with Crippen LogP contribution in [0.4, 0.5) is 24.5 Å². The highest BCUT2D eigenvalue weighted by Gasteiger charge is 2.30. The van der Waals surface area contributed by atoms with E-state index in [0.29, 0.717) is 11.4 Å². The maximum atomic E-state index is 12.8. The second kappa shape index (κ2) is 9.99. The number of hydrogen-bond donors (Lipinski definition) is 2. The molecule has 3 aromatic carbocycles. The topological polar surface area (TPSA) is 67.4 Å². The van der Waals surface area contributed by atoms with Gasteiger partial charge in [-0.15, -0.1) is 0 Å². The highest BCUT2D eigenvalue weighted by molar-refractivity contribution is 6.04. The fourth-order valence-electron chi connectivity index (χ4n) is 3.08. The van der Waals surface area contributed by atoms with Crippen molar-refractivity contribution in [3.8, 4) is 5.75 Å². The van der Waals surface area contributed by atoms with Crippen molar-refractivity contribution in [2.24, 2.45) is 0 Å². The van der Waals surface area contributed by atoms with Crippen LogP contribution >= 0.6 is 0 Å². The second-order valence-electron chi connectivity index (χ2n) is 8.72. The van der Waals surface area contributed by atoms with Crippen molar-refractivity contribution in [2.45, 2.75) is 32.4 Å². The lowest BCUT2D eigenvalue weighted by Gasteiger charge is -2.19. The Bertz CT molecular complexity index is 1150. The van der Waals surface area contributed by atoms with Crippen LogP contribution in [-0.2, 0) is 16.4 Å². The SMILES string of the molecule is CC(C)(C)c1ccc(OCC(=O)Nc2ccc(C(=O)Nc3cccc(C(F)(F)F)c3)cc2)cc1. The van der Waals surface area contributed by atoms with E-state index in [1.807, 2.05) is 24.3 Å². The molecule has 0 saturated carbocycles. The van der Waals surface area contributed by atoms with E-state index in [0.717, 1.165) is 17.7 Å². The van der Waals surface area contributed by atoms with E-state index in [4.69, 9.17) is 4.74 Å². The molecule has 0 aliphatic rings. The molecule has 0 aromatic heterocycles. The van der Waals surface area contributed by atoms with Crippen LogP contribution in [-0.4, -0.2) is 18.4 Å². The number of nitrogens with one attached hydrogen (secondary N) is 2. The largest absolute Gasteiger partial charge is 0.484 e. The van der Waals surface area contributed by atoms with Gasteiger partial charge in [0, 0.05) is 16.9 Å². The Morgan fingerprint density at radius 2 is 1.44 bits per heavy atom. The number of ether oxygens (including phenoxy) is 1. The van der Waals surface area contributed by atoms with Crippen molar-refractivity contribution in [2.75, 3.05) is 17.2 Å². The van der Waals surface area contributed by atoms with Crippen LogP contribution in [0.5, 0.6) is 5.75 Å². The van der Waals surface area contributed by atoms with Gasteiger partial charge in [-0.1, -0.05) is 39.0 Å². The molecule has 3 aromatic rings. The number of benzene rings is 3. The average molecular weight is 470 g/mol. The summed E-state index contributed by atoms with van der Waals surface area (Å²) in [5.41, 5.74) is 1.03. The number of carbonyl (C=O) groups is 2. The predicted octanol–water partition coefficient (Wildman–Crippen LogP) is 6.27. The van der Waals surface area contributed by atoms with Crippen LogP contribution in [0.1, 0.15) is 42.3 Å². The third-order valence-electron chi connectivity index (χ3n) is 4.97. The molecule has 0 fully saturated rings. The van der Waals surface area contributed by atoms with Crippen LogP contribution in [0, 0.1) is 0 Å². The molecule has 0 unspecified atom stereocenters. The Morgan fingerprint density at radius 1 is 0.794 bits per heavy atom. The molecular weight excluding hydrogens is 445 g/mol. The lowest BCUT2D eigenvalue weighted by atomic mass is 9.87. The number of carbonyl (C=O) groups excluding carboxylic acids is 2. The molecule has 8 heteroatoms. The molecular formula is C26H25F3N2O3. The summed E-state index contributed by atoms with van der Waals surface area (Å²) in [7, 11) is 0. The molecule has 2 N–H and O–H groups in total. The smallest absolute Gasteiger partial charge is 0.416 e. The van der Waals surface area contributed by atoms with E-state index in [1.165, 1.54) is 36.4 Å². The summed E-state index contributed by atoms with van der Waals surface area (Å²) in [6.07, 6.45) is -4.50. The van der Waals surface area contributed by atoms with Crippen molar-refractivity contribution in [1.82, 2.24) is 0 Å². The zero-order chi connectivity index (χ0) is 24.9. The highest BCUT2D eigenvalue weighted by atomic mass is 19.4. The lowest BCUT2D eigenvalue weighted by Crippen LogP contribution is -2.20. The molecule has 34 heavy (non-hydrogen) atoms. The minimum absolute atomic E-state index is 0.0199. The average Bonchev–Trinajstić information content (AvgIpc) is 2.77. The molecule has 0 aliphatic carbocycles. The fourth-order valence-corrected chi connectivity index (χ4v) is 3.08. The highest BCUT2D eigenvalue weighted by Crippen LogP contribution is 2.30. The molecule has 0 spiro atoms. The molecule has 0 bridgehead atoms. The Hall–Kier alpha value is -3.81. The van der Waals surface area contributed by atoms with Gasteiger partial charge in [0.15, 0.2) is 6.61 Å². The molecule has 178 valence electrons. The molecule has 0 heterocycles. The molecule has 0 radical (unpaired) electrons. The summed E-state index contributed by atoms with van der Waals surface area (Å²) in [5, 5.41) is 5.10. The minimum atomic E-state index is -4.50. The summed E-state index contributed by atoms with van der Waals surface area (Å²) in [6.45, 7) is 6.14. The van der Waals surface area contributed by atoms with Gasteiger partial charge in [0.1, 0.15) is 5.75 Å². The number of hydrogen-bond acceptors (Lipinski definition) is 3. The van der Waals surface area contributed by atoms with Gasteiger partial charge in [0.25, 0.3) is 11.8 Å². The third kappa shape index (κ3) is 6.84. The van der Waals surface area contributed by atoms with Gasteiger partial charge in [-0.2, -0.15) is 13.2 Å². The lowest BCUT2D eigenvalue weighted by molar-refractivity contribution is -0.137. The maximum Gasteiger partial charge on any atom is 0.416 e. The summed E-state index contributed by atoms with van der Waals surface area (Å²) >= 11 is 0. The maximum absolute atomic E-state index is 12.8. The summed E-state index contributed by atoms with van der Waals surface area (Å²) in [6, 6.07) is 17.9. The fraction of sp³-hybridized carbons (Fsp3) is 0.231. The normalized spacial score (nSPS) is 11.6. The number of anilines is 2. The molecule has 5 nitrogen and oxygen atoms in total. The molecule has 0 aliphatic heterocycles. The Labute approximate surface area is 195 Å². The molecule has 0 saturated heterocycles. The van der Waals surface area contributed by atoms with Crippen molar-refractivity contribution in [3.05, 3.63) is 89.5 Å². The van der Waals surface area contributed by atoms with E-state index in [2.05, 4.69) is 31.4 Å². The zero-order valence-corrected chi connectivity index (χ0v) is 19.0. The summed E-state index contributed by atoms with van der Waals surface area (Å²) < 4.78 is 44.0. The first kappa shape index (κ1) is 24.8. The van der Waals surface area contributed by atoms with Gasteiger partial charge in [-0.25, -0.2) is 0 Å². The van der Waals surface area contributed by atoms with Crippen molar-refractivity contribution < 1.29 is 27.5 Å². The third-order valence-corrected chi connectivity index (χ3v) is 4.97. The first-order chi connectivity index (χ1) is 15.9. The van der Waals surface area contributed by atoms with Crippen LogP contribution in [0.3, 0.4) is 0 Å². The first-order valence-corrected chi connectivity index (χ1v) is 10.5. The Balaban J connectivity index is 1.53. The van der Waals surface area contributed by atoms with Crippen LogP contribution in [0.15, 0.2) is 72.8 Å². The molecule has 0 atom stereocenters. The van der Waals surface area contributed by atoms with Gasteiger partial charge in [0.05, 0.1) is 5.56 Å². The van der Waals surface area contributed by atoms with Crippen molar-refractivity contribution in [1.29, 1.82) is 0 Å². The Kier molecular flexibility index (Phi) is 7.29.